The Morgan fingerprint density at radius 3 is 2.79 bits per heavy atom. The van der Waals surface area contributed by atoms with Gasteiger partial charge >= 0.3 is 0 Å². The molecule has 0 aliphatic carbocycles. The third kappa shape index (κ3) is 3.80. The van der Waals surface area contributed by atoms with E-state index < -0.39 is 0 Å². The number of nitrogens with two attached hydrogens (primary N) is 1. The molecule has 3 heteroatoms. The fourth-order valence-corrected chi connectivity index (χ4v) is 2.80. The number of amides is 1. The molecule has 1 fully saturated rings. The zero-order chi connectivity index (χ0) is 13.7. The van der Waals surface area contributed by atoms with E-state index in [9.17, 15) is 4.79 Å². The summed E-state index contributed by atoms with van der Waals surface area (Å²) in [5.74, 6) is 0.267. The van der Waals surface area contributed by atoms with Gasteiger partial charge in [-0.05, 0) is 44.7 Å². The first kappa shape index (κ1) is 14.1. The van der Waals surface area contributed by atoms with Crippen molar-refractivity contribution >= 4 is 5.91 Å². The molecule has 1 amide bonds. The molecule has 1 heterocycles. The van der Waals surface area contributed by atoms with E-state index in [1.165, 1.54) is 5.56 Å². The topological polar surface area (TPSA) is 46.3 Å². The Kier molecular flexibility index (Phi) is 4.97. The molecule has 0 saturated carbocycles. The fourth-order valence-electron chi connectivity index (χ4n) is 2.80. The van der Waals surface area contributed by atoms with Crippen LogP contribution in [0.3, 0.4) is 0 Å². The van der Waals surface area contributed by atoms with Gasteiger partial charge in [0, 0.05) is 12.6 Å². The highest BCUT2D eigenvalue weighted by molar-refractivity contribution is 5.79. The van der Waals surface area contributed by atoms with Crippen LogP contribution in [0.1, 0.15) is 36.8 Å². The maximum Gasteiger partial charge on any atom is 0.227 e. The summed E-state index contributed by atoms with van der Waals surface area (Å²) < 4.78 is 0. The van der Waals surface area contributed by atoms with Gasteiger partial charge in [0.1, 0.15) is 0 Å². The Morgan fingerprint density at radius 1 is 1.37 bits per heavy atom. The van der Waals surface area contributed by atoms with Gasteiger partial charge in [0.25, 0.3) is 0 Å². The molecular formula is C16H24N2O. The van der Waals surface area contributed by atoms with Gasteiger partial charge in [-0.25, -0.2) is 0 Å². The number of aryl methyl sites for hydroxylation is 1. The molecular weight excluding hydrogens is 236 g/mol. The van der Waals surface area contributed by atoms with Crippen LogP contribution in [-0.2, 0) is 11.2 Å². The Hall–Kier alpha value is -1.35. The molecule has 3 nitrogen and oxygen atoms in total. The number of carbonyl (C=O) groups excluding carboxylic acids is 1. The molecule has 1 unspecified atom stereocenters. The highest BCUT2D eigenvalue weighted by Crippen LogP contribution is 2.22. The van der Waals surface area contributed by atoms with E-state index in [1.54, 1.807) is 0 Å². The lowest BCUT2D eigenvalue weighted by Gasteiger charge is -2.24. The zero-order valence-corrected chi connectivity index (χ0v) is 11.8. The average Bonchev–Trinajstić information content (AvgIpc) is 2.87. The number of hydrogen-bond acceptors (Lipinski definition) is 2. The van der Waals surface area contributed by atoms with E-state index in [0.717, 1.165) is 44.3 Å². The zero-order valence-electron chi connectivity index (χ0n) is 11.8. The van der Waals surface area contributed by atoms with E-state index in [2.05, 4.69) is 36.1 Å². The maximum absolute atomic E-state index is 12.4. The van der Waals surface area contributed by atoms with E-state index in [4.69, 9.17) is 5.73 Å². The van der Waals surface area contributed by atoms with Crippen molar-refractivity contribution in [1.82, 2.24) is 4.90 Å². The van der Waals surface area contributed by atoms with Gasteiger partial charge in [0.2, 0.25) is 5.91 Å². The van der Waals surface area contributed by atoms with Gasteiger partial charge in [-0.1, -0.05) is 29.8 Å². The molecule has 1 aliphatic rings. The summed E-state index contributed by atoms with van der Waals surface area (Å²) in [7, 11) is 0. The lowest BCUT2D eigenvalue weighted by Crippen LogP contribution is -2.36. The van der Waals surface area contributed by atoms with Crippen LogP contribution >= 0.6 is 0 Å². The number of nitrogens with zero attached hydrogens (tertiary/aromatic N) is 1. The molecule has 2 rings (SSSR count). The van der Waals surface area contributed by atoms with Crippen molar-refractivity contribution in [2.75, 3.05) is 13.1 Å². The minimum absolute atomic E-state index is 0.267. The molecule has 1 atom stereocenters. The van der Waals surface area contributed by atoms with Gasteiger partial charge in [-0.3, -0.25) is 4.79 Å². The van der Waals surface area contributed by atoms with Crippen LogP contribution in [0.2, 0.25) is 0 Å². The molecule has 0 radical (unpaired) electrons. The van der Waals surface area contributed by atoms with E-state index in [0.29, 0.717) is 12.5 Å². The average molecular weight is 260 g/mol. The minimum atomic E-state index is 0.267. The Bertz CT molecular complexity index is 413. The van der Waals surface area contributed by atoms with Crippen molar-refractivity contribution in [2.45, 2.75) is 45.1 Å². The van der Waals surface area contributed by atoms with Crippen molar-refractivity contribution in [3.05, 3.63) is 35.4 Å². The lowest BCUT2D eigenvalue weighted by molar-refractivity contribution is -0.131. The monoisotopic (exact) mass is 260 g/mol. The molecule has 1 aromatic rings. The molecule has 19 heavy (non-hydrogen) atoms. The van der Waals surface area contributed by atoms with E-state index in [1.807, 2.05) is 0 Å². The van der Waals surface area contributed by atoms with Gasteiger partial charge in [0.15, 0.2) is 0 Å². The van der Waals surface area contributed by atoms with Crippen molar-refractivity contribution in [2.24, 2.45) is 5.73 Å². The Morgan fingerprint density at radius 2 is 2.11 bits per heavy atom. The van der Waals surface area contributed by atoms with Gasteiger partial charge < -0.3 is 10.6 Å². The number of likely N-dealkylation sites (tertiary alicyclic amines) is 1. The maximum atomic E-state index is 12.4. The molecule has 1 aliphatic heterocycles. The van der Waals surface area contributed by atoms with Crippen LogP contribution in [0, 0.1) is 6.92 Å². The third-order valence-corrected chi connectivity index (χ3v) is 3.91. The van der Waals surface area contributed by atoms with Crippen LogP contribution < -0.4 is 5.73 Å². The molecule has 0 bridgehead atoms. The minimum Gasteiger partial charge on any atom is -0.339 e. The lowest BCUT2D eigenvalue weighted by atomic mass is 10.1. The Labute approximate surface area is 115 Å². The summed E-state index contributed by atoms with van der Waals surface area (Å²) in [4.78, 5) is 14.4. The predicted molar refractivity (Wildman–Crippen MR) is 77.9 cm³/mol. The molecule has 1 aromatic carbocycles. The summed E-state index contributed by atoms with van der Waals surface area (Å²) in [5, 5.41) is 0. The molecule has 104 valence electrons. The van der Waals surface area contributed by atoms with Crippen molar-refractivity contribution < 1.29 is 4.79 Å². The summed E-state index contributed by atoms with van der Waals surface area (Å²) in [6, 6.07) is 8.66. The van der Waals surface area contributed by atoms with Crippen LogP contribution in [0.5, 0.6) is 0 Å². The first-order chi connectivity index (χ1) is 9.20. The Balaban J connectivity index is 1.93. The molecule has 1 saturated heterocycles. The number of rotatable bonds is 5. The summed E-state index contributed by atoms with van der Waals surface area (Å²) in [6.45, 7) is 3.70. The molecule has 0 spiro atoms. The normalized spacial score (nSPS) is 18.8. The highest BCUT2D eigenvalue weighted by atomic mass is 16.2. The second-order valence-corrected chi connectivity index (χ2v) is 5.48. The third-order valence-electron chi connectivity index (χ3n) is 3.91. The van der Waals surface area contributed by atoms with Crippen LogP contribution in [0.15, 0.2) is 24.3 Å². The SMILES string of the molecule is Cc1ccc(CC(=O)N2CCCC2CCCN)cc1. The number of carbonyl (C=O) groups is 1. The van der Waals surface area contributed by atoms with Gasteiger partial charge in [-0.15, -0.1) is 0 Å². The standard InChI is InChI=1S/C16H24N2O/c1-13-6-8-14(9-7-13)12-16(19)18-11-3-5-15(18)4-2-10-17/h6-9,15H,2-5,10-12,17H2,1H3. The van der Waals surface area contributed by atoms with Crippen molar-refractivity contribution in [3.63, 3.8) is 0 Å². The van der Waals surface area contributed by atoms with E-state index in [-0.39, 0.29) is 5.91 Å². The van der Waals surface area contributed by atoms with Gasteiger partial charge in [-0.2, -0.15) is 0 Å². The second kappa shape index (κ2) is 6.71. The largest absolute Gasteiger partial charge is 0.339 e. The first-order valence-electron chi connectivity index (χ1n) is 7.26. The second-order valence-electron chi connectivity index (χ2n) is 5.48. The summed E-state index contributed by atoms with van der Waals surface area (Å²) in [6.07, 6.45) is 4.86. The smallest absolute Gasteiger partial charge is 0.227 e. The quantitative estimate of drug-likeness (QED) is 0.882. The van der Waals surface area contributed by atoms with Crippen molar-refractivity contribution in [1.29, 1.82) is 0 Å². The van der Waals surface area contributed by atoms with Crippen LogP contribution in [0.4, 0.5) is 0 Å². The van der Waals surface area contributed by atoms with Gasteiger partial charge in [0.05, 0.1) is 6.42 Å². The predicted octanol–water partition coefficient (Wildman–Crippen LogP) is 2.27. The fraction of sp³-hybridized carbons (Fsp3) is 0.562. The molecule has 2 N–H and O–H groups in total. The highest BCUT2D eigenvalue weighted by Gasteiger charge is 2.27. The van der Waals surface area contributed by atoms with E-state index >= 15 is 0 Å². The first-order valence-corrected chi connectivity index (χ1v) is 7.26. The number of hydrogen-bond donors (Lipinski definition) is 1. The van der Waals surface area contributed by atoms with Crippen molar-refractivity contribution in [3.8, 4) is 0 Å². The summed E-state index contributed by atoms with van der Waals surface area (Å²) in [5.41, 5.74) is 7.91. The van der Waals surface area contributed by atoms with Crippen LogP contribution in [-0.4, -0.2) is 29.9 Å². The number of benzene rings is 1. The van der Waals surface area contributed by atoms with Crippen LogP contribution in [0.25, 0.3) is 0 Å². The molecule has 0 aromatic heterocycles. The summed E-state index contributed by atoms with van der Waals surface area (Å²) >= 11 is 0.